The highest BCUT2D eigenvalue weighted by Crippen LogP contribution is 2.23. The molecule has 0 radical (unpaired) electrons. The van der Waals surface area contributed by atoms with Crippen molar-refractivity contribution < 1.29 is 25.6 Å². The van der Waals surface area contributed by atoms with Crippen molar-refractivity contribution in [3.05, 3.63) is 55.6 Å². The summed E-state index contributed by atoms with van der Waals surface area (Å²) in [6, 6.07) is 11.8. The maximum atomic E-state index is 11.7. The summed E-state index contributed by atoms with van der Waals surface area (Å²) in [6.45, 7) is 6.84. The van der Waals surface area contributed by atoms with Gasteiger partial charge in [0.2, 0.25) is 4.58 Å². The maximum Gasteiger partial charge on any atom is 0.328 e. The van der Waals surface area contributed by atoms with Crippen molar-refractivity contribution in [2.45, 2.75) is 11.5 Å². The van der Waals surface area contributed by atoms with Gasteiger partial charge in [-0.3, -0.25) is 4.55 Å². The van der Waals surface area contributed by atoms with Crippen molar-refractivity contribution in [1.29, 1.82) is 0 Å². The molecule has 0 aliphatic carbocycles. The zero-order valence-electron chi connectivity index (χ0n) is 11.8. The van der Waals surface area contributed by atoms with Gasteiger partial charge in [-0.05, 0) is 29.8 Å². The van der Waals surface area contributed by atoms with Gasteiger partial charge in [0.1, 0.15) is 5.75 Å². The fourth-order valence-corrected chi connectivity index (χ4v) is 3.39. The maximum absolute atomic E-state index is 11.7. The molecule has 0 heterocycles. The second-order valence-electron chi connectivity index (χ2n) is 4.17. The Labute approximate surface area is 129 Å². The van der Waals surface area contributed by atoms with Crippen molar-refractivity contribution in [3.63, 3.8) is 0 Å². The summed E-state index contributed by atoms with van der Waals surface area (Å²) in [5.74, 6) is -0.0146. The summed E-state index contributed by atoms with van der Waals surface area (Å²) in [7, 11) is -9.21. The van der Waals surface area contributed by atoms with Crippen LogP contribution in [0.1, 0.15) is 6.92 Å². The summed E-state index contributed by atoms with van der Waals surface area (Å²) in [5, 5.41) is 1.64. The van der Waals surface area contributed by atoms with Crippen LogP contribution in [0.25, 0.3) is 10.8 Å². The zero-order chi connectivity index (χ0) is 17.0. The van der Waals surface area contributed by atoms with E-state index < -0.39 is 24.8 Å². The Morgan fingerprint density at radius 3 is 2.09 bits per heavy atom. The van der Waals surface area contributed by atoms with Gasteiger partial charge in [0.25, 0.3) is 10.1 Å². The summed E-state index contributed by atoms with van der Waals surface area (Å²) in [6.07, 6.45) is 0. The van der Waals surface area contributed by atoms with Crippen molar-refractivity contribution in [1.82, 2.24) is 0 Å². The highest BCUT2D eigenvalue weighted by Gasteiger charge is 2.34. The molecule has 0 saturated heterocycles. The number of fused-ring (bicyclic) bond motifs is 1. The lowest BCUT2D eigenvalue weighted by atomic mass is 10.1. The van der Waals surface area contributed by atoms with Crippen LogP contribution in [-0.2, 0) is 20.2 Å². The minimum atomic E-state index is -4.74. The van der Waals surface area contributed by atoms with Gasteiger partial charge in [0, 0.05) is 0 Å². The SMILES string of the molecule is C=C.CC(S(=O)(=O)O)S(=O)(=O)Oc1ccc2ccccc2c1. The Morgan fingerprint density at radius 2 is 1.55 bits per heavy atom. The van der Waals surface area contributed by atoms with Crippen LogP contribution in [0.15, 0.2) is 55.6 Å². The molecule has 2 rings (SSSR count). The lowest BCUT2D eigenvalue weighted by Gasteiger charge is -2.11. The molecule has 0 fully saturated rings. The van der Waals surface area contributed by atoms with Crippen LogP contribution in [0.2, 0.25) is 0 Å². The summed E-state index contributed by atoms with van der Waals surface area (Å²) in [5.41, 5.74) is 0. The predicted molar refractivity (Wildman–Crippen MR) is 85.8 cm³/mol. The Balaban J connectivity index is 0.00000116. The first-order valence-electron chi connectivity index (χ1n) is 6.08. The van der Waals surface area contributed by atoms with E-state index in [2.05, 4.69) is 13.2 Å². The molecule has 2 aromatic rings. The molecule has 8 heteroatoms. The second-order valence-corrected chi connectivity index (χ2v) is 8.06. The fourth-order valence-electron chi connectivity index (χ4n) is 1.57. The third-order valence-corrected chi connectivity index (χ3v) is 6.27. The summed E-state index contributed by atoms with van der Waals surface area (Å²) in [4.78, 5) is 0. The molecule has 0 aromatic heterocycles. The molecule has 2 aromatic carbocycles. The van der Waals surface area contributed by atoms with E-state index in [1.165, 1.54) is 12.1 Å². The largest absolute Gasteiger partial charge is 0.381 e. The van der Waals surface area contributed by atoms with Crippen LogP contribution in [-0.4, -0.2) is 26.0 Å². The van der Waals surface area contributed by atoms with Crippen LogP contribution in [0.4, 0.5) is 0 Å². The van der Waals surface area contributed by atoms with E-state index in [9.17, 15) is 16.8 Å². The Kier molecular flexibility index (Phi) is 5.70. The van der Waals surface area contributed by atoms with Crippen LogP contribution >= 0.6 is 0 Å². The topological polar surface area (TPSA) is 97.7 Å². The van der Waals surface area contributed by atoms with E-state index in [-0.39, 0.29) is 5.75 Å². The zero-order valence-corrected chi connectivity index (χ0v) is 13.5. The van der Waals surface area contributed by atoms with E-state index in [4.69, 9.17) is 8.74 Å². The van der Waals surface area contributed by atoms with Gasteiger partial charge in [0.15, 0.2) is 0 Å². The van der Waals surface area contributed by atoms with E-state index in [1.54, 1.807) is 18.2 Å². The standard InChI is InChI=1S/C12H12O6S2.C2H4/c1-9(19(13,14)15)20(16,17)18-12-7-6-10-4-2-3-5-11(10)8-12;1-2/h2-9H,1H3,(H,13,14,15);1-2H2. The van der Waals surface area contributed by atoms with Gasteiger partial charge in [0.05, 0.1) is 0 Å². The van der Waals surface area contributed by atoms with E-state index in [0.29, 0.717) is 0 Å². The molecule has 22 heavy (non-hydrogen) atoms. The minimum Gasteiger partial charge on any atom is -0.381 e. The molecule has 0 bridgehead atoms. The van der Waals surface area contributed by atoms with E-state index in [0.717, 1.165) is 17.7 Å². The predicted octanol–water partition coefficient (Wildman–Crippen LogP) is 2.58. The molecular formula is C14H16O6S2. The molecule has 1 atom stereocenters. The van der Waals surface area contributed by atoms with E-state index >= 15 is 0 Å². The molecule has 0 aliphatic heterocycles. The molecule has 6 nitrogen and oxygen atoms in total. The number of rotatable bonds is 4. The first-order valence-corrected chi connectivity index (χ1v) is 9.06. The molecular weight excluding hydrogens is 328 g/mol. The molecule has 1 unspecified atom stereocenters. The summed E-state index contributed by atoms with van der Waals surface area (Å²) >= 11 is 0. The normalized spacial score (nSPS) is 13.0. The molecule has 1 N–H and O–H groups in total. The third-order valence-electron chi connectivity index (χ3n) is 2.76. The van der Waals surface area contributed by atoms with Gasteiger partial charge < -0.3 is 4.18 Å². The van der Waals surface area contributed by atoms with Crippen molar-refractivity contribution in [2.75, 3.05) is 0 Å². The monoisotopic (exact) mass is 344 g/mol. The molecule has 0 aliphatic rings. The first kappa shape index (κ1) is 18.1. The molecule has 0 saturated carbocycles. The smallest absolute Gasteiger partial charge is 0.328 e. The number of benzene rings is 2. The summed E-state index contributed by atoms with van der Waals surface area (Å²) < 4.78 is 56.7. The lowest BCUT2D eigenvalue weighted by molar-refractivity contribution is 0.460. The third kappa shape index (κ3) is 4.30. The van der Waals surface area contributed by atoms with Crippen LogP contribution in [0.5, 0.6) is 5.75 Å². The fraction of sp³-hybridized carbons (Fsp3) is 0.143. The highest BCUT2D eigenvalue weighted by molar-refractivity contribution is 8.04. The van der Waals surface area contributed by atoms with Gasteiger partial charge in [-0.25, -0.2) is 0 Å². The Hall–Kier alpha value is -1.90. The van der Waals surface area contributed by atoms with Crippen molar-refractivity contribution in [2.24, 2.45) is 0 Å². The van der Waals surface area contributed by atoms with Crippen molar-refractivity contribution in [3.8, 4) is 5.75 Å². The van der Waals surface area contributed by atoms with Crippen molar-refractivity contribution >= 4 is 31.0 Å². The molecule has 0 spiro atoms. The van der Waals surface area contributed by atoms with Gasteiger partial charge in [-0.15, -0.1) is 13.2 Å². The Morgan fingerprint density at radius 1 is 1.00 bits per heavy atom. The second kappa shape index (κ2) is 6.91. The number of hydrogen-bond donors (Lipinski definition) is 1. The first-order chi connectivity index (χ1) is 10.2. The van der Waals surface area contributed by atoms with Crippen LogP contribution in [0, 0.1) is 0 Å². The number of hydrogen-bond acceptors (Lipinski definition) is 5. The Bertz CT molecular complexity index is 856. The van der Waals surface area contributed by atoms with Gasteiger partial charge in [-0.2, -0.15) is 16.8 Å². The van der Waals surface area contributed by atoms with Crippen LogP contribution < -0.4 is 4.18 Å². The van der Waals surface area contributed by atoms with Gasteiger partial charge >= 0.3 is 10.1 Å². The van der Waals surface area contributed by atoms with E-state index in [1.807, 2.05) is 12.1 Å². The highest BCUT2D eigenvalue weighted by atomic mass is 32.3. The van der Waals surface area contributed by atoms with Gasteiger partial charge in [-0.1, -0.05) is 30.3 Å². The quantitative estimate of drug-likeness (QED) is 0.520. The lowest BCUT2D eigenvalue weighted by Crippen LogP contribution is -2.30. The average Bonchev–Trinajstić information content (AvgIpc) is 2.47. The average molecular weight is 344 g/mol. The molecule has 0 amide bonds. The minimum absolute atomic E-state index is 0.0146. The molecule has 120 valence electrons. The van der Waals surface area contributed by atoms with Crippen LogP contribution in [0.3, 0.4) is 0 Å².